The summed E-state index contributed by atoms with van der Waals surface area (Å²) in [5.41, 5.74) is 3.30. The van der Waals surface area contributed by atoms with Crippen LogP contribution in [-0.2, 0) is 4.74 Å². The second-order valence-corrected chi connectivity index (χ2v) is 4.19. The first-order valence-corrected chi connectivity index (χ1v) is 6.43. The first-order valence-electron chi connectivity index (χ1n) is 6.43. The maximum Gasteiger partial charge on any atom is 0.427 e. The van der Waals surface area contributed by atoms with Crippen molar-refractivity contribution < 1.29 is 19.1 Å². The maximum atomic E-state index is 11.9. The number of hydrogen-bond acceptors (Lipinski definition) is 5. The number of carbonyl (C=O) groups excluding carboxylic acids is 2. The molecule has 1 amide bonds. The molecule has 1 N–H and O–H groups in total. The third-order valence-corrected chi connectivity index (χ3v) is 2.63. The molecule has 2 aromatic rings. The van der Waals surface area contributed by atoms with Gasteiger partial charge in [-0.05, 0) is 29.8 Å². The Morgan fingerprint density at radius 2 is 1.86 bits per heavy atom. The van der Waals surface area contributed by atoms with Crippen molar-refractivity contribution in [3.05, 3.63) is 65.7 Å². The predicted molar refractivity (Wildman–Crippen MR) is 81.0 cm³/mol. The summed E-state index contributed by atoms with van der Waals surface area (Å²) in [7, 11) is 1.24. The molecule has 0 aliphatic rings. The van der Waals surface area contributed by atoms with E-state index >= 15 is 0 Å². The zero-order valence-corrected chi connectivity index (χ0v) is 11.9. The first-order chi connectivity index (χ1) is 10.7. The second kappa shape index (κ2) is 7.58. The summed E-state index contributed by atoms with van der Waals surface area (Å²) < 4.78 is 9.66. The molecule has 0 aliphatic carbocycles. The van der Waals surface area contributed by atoms with Gasteiger partial charge >= 0.3 is 12.1 Å². The fourth-order valence-corrected chi connectivity index (χ4v) is 1.60. The SMILES string of the molecule is COC(=O)NN=Cc1cccc(OC(=O)c2ccccc2)c1. The highest BCUT2D eigenvalue weighted by atomic mass is 16.5. The number of hydrogen-bond donors (Lipinski definition) is 1. The number of hydrazone groups is 1. The molecule has 0 unspecified atom stereocenters. The van der Waals surface area contributed by atoms with E-state index in [0.717, 1.165) is 0 Å². The summed E-state index contributed by atoms with van der Waals surface area (Å²) in [6.45, 7) is 0. The molecular formula is C16H14N2O4. The van der Waals surface area contributed by atoms with Crippen LogP contribution in [0.25, 0.3) is 0 Å². The van der Waals surface area contributed by atoms with Gasteiger partial charge in [-0.3, -0.25) is 0 Å². The van der Waals surface area contributed by atoms with E-state index in [1.807, 2.05) is 6.07 Å². The second-order valence-electron chi connectivity index (χ2n) is 4.19. The van der Waals surface area contributed by atoms with Crippen LogP contribution in [0, 0.1) is 0 Å². The van der Waals surface area contributed by atoms with E-state index in [9.17, 15) is 9.59 Å². The van der Waals surface area contributed by atoms with E-state index in [1.54, 1.807) is 48.5 Å². The average molecular weight is 298 g/mol. The summed E-state index contributed by atoms with van der Waals surface area (Å²) in [6, 6.07) is 15.4. The summed E-state index contributed by atoms with van der Waals surface area (Å²) in [6.07, 6.45) is 0.749. The number of nitrogens with one attached hydrogen (secondary N) is 1. The van der Waals surface area contributed by atoms with Crippen LogP contribution in [0.1, 0.15) is 15.9 Å². The molecule has 0 aromatic heterocycles. The van der Waals surface area contributed by atoms with Gasteiger partial charge in [-0.15, -0.1) is 0 Å². The van der Waals surface area contributed by atoms with Gasteiger partial charge in [0.25, 0.3) is 0 Å². The molecule has 22 heavy (non-hydrogen) atoms. The number of rotatable bonds is 4. The normalized spacial score (nSPS) is 10.2. The highest BCUT2D eigenvalue weighted by molar-refractivity contribution is 5.91. The lowest BCUT2D eigenvalue weighted by Gasteiger charge is -2.04. The molecule has 6 nitrogen and oxygen atoms in total. The van der Waals surface area contributed by atoms with Crippen molar-refractivity contribution in [2.24, 2.45) is 5.10 Å². The molecule has 0 atom stereocenters. The third kappa shape index (κ3) is 4.45. The molecule has 112 valence electrons. The van der Waals surface area contributed by atoms with E-state index < -0.39 is 12.1 Å². The standard InChI is InChI=1S/C16H14N2O4/c1-21-16(20)18-17-11-12-6-5-9-14(10-12)22-15(19)13-7-3-2-4-8-13/h2-11H,1H3,(H,18,20). The topological polar surface area (TPSA) is 77.0 Å². The number of carbonyl (C=O) groups is 2. The first kappa shape index (κ1) is 15.2. The molecular weight excluding hydrogens is 284 g/mol. The molecule has 0 radical (unpaired) electrons. The van der Waals surface area contributed by atoms with Crippen molar-refractivity contribution in [2.45, 2.75) is 0 Å². The molecule has 0 bridgehead atoms. The Balaban J connectivity index is 2.02. The van der Waals surface area contributed by atoms with Gasteiger partial charge in [0, 0.05) is 0 Å². The zero-order chi connectivity index (χ0) is 15.8. The minimum absolute atomic E-state index is 0.385. The Labute approximate surface area is 127 Å². The number of nitrogens with zero attached hydrogens (tertiary/aromatic N) is 1. The van der Waals surface area contributed by atoms with Gasteiger partial charge in [-0.25, -0.2) is 15.0 Å². The fraction of sp³-hybridized carbons (Fsp3) is 0.0625. The largest absolute Gasteiger partial charge is 0.452 e. The minimum Gasteiger partial charge on any atom is -0.452 e. The van der Waals surface area contributed by atoms with Crippen molar-refractivity contribution in [1.82, 2.24) is 5.43 Å². The van der Waals surface area contributed by atoms with Gasteiger partial charge in [0.05, 0.1) is 18.9 Å². The van der Waals surface area contributed by atoms with Gasteiger partial charge in [0.15, 0.2) is 0 Å². The number of amides is 1. The quantitative estimate of drug-likeness (QED) is 0.407. The lowest BCUT2D eigenvalue weighted by atomic mass is 10.2. The summed E-state index contributed by atoms with van der Waals surface area (Å²) in [5, 5.41) is 3.70. The summed E-state index contributed by atoms with van der Waals surface area (Å²) in [5.74, 6) is -0.0572. The summed E-state index contributed by atoms with van der Waals surface area (Å²) >= 11 is 0. The molecule has 6 heteroatoms. The van der Waals surface area contributed by atoms with Crippen LogP contribution in [0.5, 0.6) is 5.75 Å². The number of ether oxygens (including phenoxy) is 2. The van der Waals surface area contributed by atoms with E-state index in [4.69, 9.17) is 4.74 Å². The van der Waals surface area contributed by atoms with Crippen molar-refractivity contribution in [3.63, 3.8) is 0 Å². The van der Waals surface area contributed by atoms with E-state index in [1.165, 1.54) is 13.3 Å². The Hall–Kier alpha value is -3.15. The number of benzene rings is 2. The molecule has 0 saturated carbocycles. The lowest BCUT2D eigenvalue weighted by Crippen LogP contribution is -2.16. The fourth-order valence-electron chi connectivity index (χ4n) is 1.60. The van der Waals surface area contributed by atoms with Gasteiger partial charge in [-0.1, -0.05) is 30.3 Å². The highest BCUT2D eigenvalue weighted by Crippen LogP contribution is 2.14. The van der Waals surface area contributed by atoms with Crippen molar-refractivity contribution in [2.75, 3.05) is 7.11 Å². The van der Waals surface area contributed by atoms with Gasteiger partial charge in [-0.2, -0.15) is 5.10 Å². The Kier molecular flexibility index (Phi) is 5.25. The van der Waals surface area contributed by atoms with Crippen molar-refractivity contribution in [3.8, 4) is 5.75 Å². The Morgan fingerprint density at radius 1 is 1.09 bits per heavy atom. The van der Waals surface area contributed by atoms with Crippen molar-refractivity contribution >= 4 is 18.3 Å². The molecule has 0 saturated heterocycles. The predicted octanol–water partition coefficient (Wildman–Crippen LogP) is 2.60. The van der Waals surface area contributed by atoms with Crippen LogP contribution in [0.4, 0.5) is 4.79 Å². The number of methoxy groups -OCH3 is 1. The smallest absolute Gasteiger partial charge is 0.427 e. The van der Waals surface area contributed by atoms with Gasteiger partial charge < -0.3 is 9.47 Å². The highest BCUT2D eigenvalue weighted by Gasteiger charge is 2.07. The van der Waals surface area contributed by atoms with E-state index in [0.29, 0.717) is 16.9 Å². The van der Waals surface area contributed by atoms with E-state index in [-0.39, 0.29) is 0 Å². The average Bonchev–Trinajstić information content (AvgIpc) is 2.56. The van der Waals surface area contributed by atoms with Crippen LogP contribution >= 0.6 is 0 Å². The summed E-state index contributed by atoms with van der Waals surface area (Å²) in [4.78, 5) is 22.8. The molecule has 0 heterocycles. The Bertz CT molecular complexity index is 684. The van der Waals surface area contributed by atoms with Crippen LogP contribution in [-0.4, -0.2) is 25.4 Å². The molecule has 2 rings (SSSR count). The Morgan fingerprint density at radius 3 is 2.59 bits per heavy atom. The van der Waals surface area contributed by atoms with E-state index in [2.05, 4.69) is 15.3 Å². The molecule has 0 spiro atoms. The van der Waals surface area contributed by atoms with Gasteiger partial charge in [0.2, 0.25) is 0 Å². The van der Waals surface area contributed by atoms with Gasteiger partial charge in [0.1, 0.15) is 5.75 Å². The number of esters is 1. The molecule has 0 aliphatic heterocycles. The minimum atomic E-state index is -0.664. The maximum absolute atomic E-state index is 11.9. The van der Waals surface area contributed by atoms with Crippen LogP contribution in [0.3, 0.4) is 0 Å². The van der Waals surface area contributed by atoms with Crippen LogP contribution in [0.15, 0.2) is 59.7 Å². The third-order valence-electron chi connectivity index (χ3n) is 2.63. The van der Waals surface area contributed by atoms with Crippen LogP contribution < -0.4 is 10.2 Å². The zero-order valence-electron chi connectivity index (χ0n) is 11.9. The lowest BCUT2D eigenvalue weighted by molar-refractivity contribution is 0.0734. The molecule has 2 aromatic carbocycles. The monoisotopic (exact) mass is 298 g/mol. The van der Waals surface area contributed by atoms with Crippen LogP contribution in [0.2, 0.25) is 0 Å². The molecule has 0 fully saturated rings. The van der Waals surface area contributed by atoms with Crippen molar-refractivity contribution in [1.29, 1.82) is 0 Å².